The molecule has 1 aliphatic rings. The molecule has 0 saturated carbocycles. The molecule has 3 rings (SSSR count). The zero-order valence-electron chi connectivity index (χ0n) is 15.3. The number of hydrogen-bond donors (Lipinski definition) is 2. The molecule has 1 aromatic heterocycles. The van der Waals surface area contributed by atoms with Crippen molar-refractivity contribution >= 4 is 29.0 Å². The zero-order valence-corrected chi connectivity index (χ0v) is 16.1. The number of aromatic nitrogens is 1. The Balaban J connectivity index is 1.55. The van der Waals surface area contributed by atoms with Gasteiger partial charge in [0.15, 0.2) is 0 Å². The molecule has 2 N–H and O–H groups in total. The van der Waals surface area contributed by atoms with Gasteiger partial charge in [-0.2, -0.15) is 5.26 Å². The van der Waals surface area contributed by atoms with Crippen molar-refractivity contribution in [3.05, 3.63) is 52.4 Å². The molecule has 1 aliphatic heterocycles. The first-order chi connectivity index (χ1) is 13.6. The van der Waals surface area contributed by atoms with E-state index in [9.17, 15) is 9.18 Å². The number of amides is 1. The maximum Gasteiger partial charge on any atom is 0.255 e. The summed E-state index contributed by atoms with van der Waals surface area (Å²) in [5.41, 5.74) is 0.902. The monoisotopic (exact) mass is 401 g/mol. The van der Waals surface area contributed by atoms with Crippen molar-refractivity contribution in [1.29, 1.82) is 5.26 Å². The first-order valence-corrected chi connectivity index (χ1v) is 9.59. The van der Waals surface area contributed by atoms with E-state index in [4.69, 9.17) is 16.9 Å². The molecular formula is C20H21ClFN5O. The predicted molar refractivity (Wildman–Crippen MR) is 107 cm³/mol. The van der Waals surface area contributed by atoms with Crippen molar-refractivity contribution in [2.75, 3.05) is 36.8 Å². The average Bonchev–Trinajstić information content (AvgIpc) is 2.72. The van der Waals surface area contributed by atoms with E-state index in [1.54, 1.807) is 18.2 Å². The van der Waals surface area contributed by atoms with Crippen LogP contribution in [0.5, 0.6) is 0 Å². The third kappa shape index (κ3) is 4.70. The molecule has 0 unspecified atom stereocenters. The fourth-order valence-corrected chi connectivity index (χ4v) is 3.36. The Hall–Kier alpha value is -2.85. The Kier molecular flexibility index (Phi) is 6.66. The summed E-state index contributed by atoms with van der Waals surface area (Å²) in [4.78, 5) is 18.6. The van der Waals surface area contributed by atoms with Gasteiger partial charge in [0.25, 0.3) is 5.91 Å². The molecule has 8 heteroatoms. The number of carbonyl (C=O) groups excluding carboxylic acids is 1. The van der Waals surface area contributed by atoms with Crippen molar-refractivity contribution < 1.29 is 9.18 Å². The summed E-state index contributed by atoms with van der Waals surface area (Å²) in [6.45, 7) is 2.43. The minimum Gasteiger partial charge on any atom is -0.382 e. The summed E-state index contributed by atoms with van der Waals surface area (Å²) in [6, 6.07) is 7.91. The highest BCUT2D eigenvalue weighted by Gasteiger charge is 2.19. The van der Waals surface area contributed by atoms with Gasteiger partial charge in [-0.15, -0.1) is 0 Å². The van der Waals surface area contributed by atoms with E-state index in [2.05, 4.69) is 15.6 Å². The second kappa shape index (κ2) is 9.38. The number of nitrogens with zero attached hydrogens (tertiary/aromatic N) is 3. The normalized spacial score (nSPS) is 13.7. The van der Waals surface area contributed by atoms with Crippen LogP contribution in [0, 0.1) is 17.1 Å². The summed E-state index contributed by atoms with van der Waals surface area (Å²) in [6.07, 6.45) is 4.74. The average molecular weight is 402 g/mol. The molecule has 2 aromatic rings. The molecule has 0 aliphatic carbocycles. The van der Waals surface area contributed by atoms with Crippen molar-refractivity contribution in [2.45, 2.75) is 19.3 Å². The van der Waals surface area contributed by atoms with Gasteiger partial charge in [0.05, 0.1) is 16.3 Å². The van der Waals surface area contributed by atoms with Gasteiger partial charge < -0.3 is 15.5 Å². The second-order valence-corrected chi connectivity index (χ2v) is 6.94. The van der Waals surface area contributed by atoms with Crippen molar-refractivity contribution in [3.8, 4) is 6.07 Å². The lowest BCUT2D eigenvalue weighted by Gasteiger charge is -2.26. The number of benzene rings is 1. The third-order valence-corrected chi connectivity index (χ3v) is 4.88. The number of carbonyl (C=O) groups is 1. The maximum absolute atomic E-state index is 13.6. The van der Waals surface area contributed by atoms with Crippen LogP contribution < -0.4 is 10.6 Å². The molecule has 0 atom stereocenters. The van der Waals surface area contributed by atoms with E-state index in [0.29, 0.717) is 35.2 Å². The van der Waals surface area contributed by atoms with Gasteiger partial charge in [-0.25, -0.2) is 9.37 Å². The smallest absolute Gasteiger partial charge is 0.255 e. The third-order valence-electron chi connectivity index (χ3n) is 4.59. The van der Waals surface area contributed by atoms with Gasteiger partial charge in [-0.1, -0.05) is 17.7 Å². The Bertz CT molecular complexity index is 893. The predicted octanol–water partition coefficient (Wildman–Crippen LogP) is 3.90. The number of rotatable bonds is 6. The number of hydrogen-bond acceptors (Lipinski definition) is 5. The van der Waals surface area contributed by atoms with Crippen LogP contribution >= 0.6 is 11.6 Å². The van der Waals surface area contributed by atoms with E-state index in [0.717, 1.165) is 32.4 Å². The fourth-order valence-electron chi connectivity index (χ4n) is 3.13. The Morgan fingerprint density at radius 2 is 2.00 bits per heavy atom. The number of nitriles is 1. The molecule has 0 bridgehead atoms. The van der Waals surface area contributed by atoms with E-state index >= 15 is 0 Å². The minimum absolute atomic E-state index is 0.0146. The van der Waals surface area contributed by atoms with Crippen molar-refractivity contribution in [3.63, 3.8) is 0 Å². The highest BCUT2D eigenvalue weighted by molar-refractivity contribution is 6.33. The van der Waals surface area contributed by atoms with E-state index in [-0.39, 0.29) is 11.5 Å². The molecule has 1 amide bonds. The lowest BCUT2D eigenvalue weighted by Crippen LogP contribution is -2.35. The van der Waals surface area contributed by atoms with Gasteiger partial charge in [-0.3, -0.25) is 4.79 Å². The molecule has 0 spiro atoms. The van der Waals surface area contributed by atoms with Crippen LogP contribution in [0.25, 0.3) is 0 Å². The van der Waals surface area contributed by atoms with Crippen LogP contribution in [0.2, 0.25) is 5.02 Å². The zero-order chi connectivity index (χ0) is 19.9. The largest absolute Gasteiger partial charge is 0.382 e. The lowest BCUT2D eigenvalue weighted by atomic mass is 10.1. The number of anilines is 2. The van der Waals surface area contributed by atoms with Crippen LogP contribution in [0.3, 0.4) is 0 Å². The van der Waals surface area contributed by atoms with Gasteiger partial charge in [0.1, 0.15) is 23.3 Å². The number of piperidine rings is 1. The Labute approximate surface area is 168 Å². The van der Waals surface area contributed by atoms with Crippen molar-refractivity contribution in [2.24, 2.45) is 0 Å². The summed E-state index contributed by atoms with van der Waals surface area (Å²) in [5.74, 6) is -0.130. The molecule has 28 heavy (non-hydrogen) atoms. The molecule has 146 valence electrons. The SMILES string of the molecule is N#Cc1c(F)cccc1NCCNc1ncc(C(=O)N2CCCCC2)cc1Cl. The number of halogens is 2. The quantitative estimate of drug-likeness (QED) is 0.717. The first-order valence-electron chi connectivity index (χ1n) is 9.21. The summed E-state index contributed by atoms with van der Waals surface area (Å²) < 4.78 is 13.6. The van der Waals surface area contributed by atoms with E-state index in [1.807, 2.05) is 11.0 Å². The topological polar surface area (TPSA) is 81.0 Å². The van der Waals surface area contributed by atoms with Crippen LogP contribution in [0.1, 0.15) is 35.2 Å². The maximum atomic E-state index is 13.6. The molecular weight excluding hydrogens is 381 g/mol. The molecule has 1 aromatic carbocycles. The van der Waals surface area contributed by atoms with Crippen LogP contribution in [-0.4, -0.2) is 42.0 Å². The Morgan fingerprint density at radius 1 is 1.25 bits per heavy atom. The van der Waals surface area contributed by atoms with Gasteiger partial charge in [-0.05, 0) is 37.5 Å². The van der Waals surface area contributed by atoms with Gasteiger partial charge in [0.2, 0.25) is 0 Å². The Morgan fingerprint density at radius 3 is 2.71 bits per heavy atom. The minimum atomic E-state index is -0.556. The van der Waals surface area contributed by atoms with Gasteiger partial charge >= 0.3 is 0 Å². The fraction of sp³-hybridized carbons (Fsp3) is 0.350. The molecule has 0 radical (unpaired) electrons. The standard InChI is InChI=1S/C20H21ClFN5O/c21-16-11-14(20(28)27-9-2-1-3-10-27)13-26-19(16)25-8-7-24-18-6-4-5-17(22)15(18)12-23/h4-6,11,13,24H,1-3,7-10H2,(H,25,26). The van der Waals surface area contributed by atoms with Crippen LogP contribution in [0.4, 0.5) is 15.9 Å². The lowest BCUT2D eigenvalue weighted by molar-refractivity contribution is 0.0724. The molecule has 1 saturated heterocycles. The molecule has 6 nitrogen and oxygen atoms in total. The number of pyridine rings is 1. The summed E-state index contributed by atoms with van der Waals surface area (Å²) in [5, 5.41) is 15.5. The molecule has 2 heterocycles. The second-order valence-electron chi connectivity index (χ2n) is 6.54. The van der Waals surface area contributed by atoms with E-state index in [1.165, 1.54) is 12.3 Å². The van der Waals surface area contributed by atoms with Crippen molar-refractivity contribution in [1.82, 2.24) is 9.88 Å². The highest BCUT2D eigenvalue weighted by Crippen LogP contribution is 2.22. The summed E-state index contributed by atoms with van der Waals surface area (Å²) >= 11 is 6.27. The van der Waals surface area contributed by atoms with Crippen LogP contribution in [0.15, 0.2) is 30.5 Å². The van der Waals surface area contributed by atoms with Gasteiger partial charge in [0, 0.05) is 32.4 Å². The summed E-state index contributed by atoms with van der Waals surface area (Å²) in [7, 11) is 0. The number of nitrogens with one attached hydrogen (secondary N) is 2. The number of likely N-dealkylation sites (tertiary alicyclic amines) is 1. The van der Waals surface area contributed by atoms with E-state index < -0.39 is 5.82 Å². The first kappa shape index (κ1) is 19.9. The van der Waals surface area contributed by atoms with Crippen LogP contribution in [-0.2, 0) is 0 Å². The highest BCUT2D eigenvalue weighted by atomic mass is 35.5. The molecule has 1 fully saturated rings.